The van der Waals surface area contributed by atoms with Gasteiger partial charge in [0.05, 0.1) is 5.41 Å². The van der Waals surface area contributed by atoms with Crippen molar-refractivity contribution < 1.29 is 9.59 Å². The first-order valence-electron chi connectivity index (χ1n) is 7.37. The molecule has 0 atom stereocenters. The highest BCUT2D eigenvalue weighted by atomic mass is 16.2. The molecule has 0 spiro atoms. The van der Waals surface area contributed by atoms with Crippen LogP contribution in [0.3, 0.4) is 0 Å². The molecule has 4 N–H and O–H groups in total. The van der Waals surface area contributed by atoms with Crippen LogP contribution < -0.4 is 16.4 Å². The van der Waals surface area contributed by atoms with E-state index >= 15 is 0 Å². The Bertz CT molecular complexity index is 548. The molecule has 1 aliphatic rings. The van der Waals surface area contributed by atoms with Gasteiger partial charge < -0.3 is 16.4 Å². The summed E-state index contributed by atoms with van der Waals surface area (Å²) in [4.78, 5) is 23.6. The van der Waals surface area contributed by atoms with Gasteiger partial charge in [0.15, 0.2) is 0 Å². The Hall–Kier alpha value is -1.88. The SMILES string of the molecule is CC(=O)Nc1ccc(NC(=O)C2(CN)CCCC2)cc1C. The molecule has 21 heavy (non-hydrogen) atoms. The van der Waals surface area contributed by atoms with Crippen molar-refractivity contribution in [3.63, 3.8) is 0 Å². The van der Waals surface area contributed by atoms with Gasteiger partial charge in [-0.25, -0.2) is 0 Å². The largest absolute Gasteiger partial charge is 0.329 e. The smallest absolute Gasteiger partial charge is 0.231 e. The first-order valence-corrected chi connectivity index (χ1v) is 7.37. The number of hydrogen-bond acceptors (Lipinski definition) is 3. The van der Waals surface area contributed by atoms with Gasteiger partial charge >= 0.3 is 0 Å². The minimum atomic E-state index is -0.412. The van der Waals surface area contributed by atoms with E-state index in [-0.39, 0.29) is 11.8 Å². The van der Waals surface area contributed by atoms with Crippen LogP contribution in [-0.4, -0.2) is 18.4 Å². The van der Waals surface area contributed by atoms with E-state index in [2.05, 4.69) is 10.6 Å². The molecule has 114 valence electrons. The molecule has 0 saturated heterocycles. The summed E-state index contributed by atoms with van der Waals surface area (Å²) in [5.41, 5.74) is 7.83. The first-order chi connectivity index (χ1) is 9.97. The Labute approximate surface area is 125 Å². The van der Waals surface area contributed by atoms with Crippen LogP contribution in [0.4, 0.5) is 11.4 Å². The van der Waals surface area contributed by atoms with Crippen LogP contribution in [0.15, 0.2) is 18.2 Å². The lowest BCUT2D eigenvalue weighted by Gasteiger charge is -2.25. The van der Waals surface area contributed by atoms with Crippen LogP contribution in [0.5, 0.6) is 0 Å². The quantitative estimate of drug-likeness (QED) is 0.795. The zero-order chi connectivity index (χ0) is 15.5. The zero-order valence-corrected chi connectivity index (χ0v) is 12.7. The third-order valence-electron chi connectivity index (χ3n) is 4.23. The molecule has 5 nitrogen and oxygen atoms in total. The van der Waals surface area contributed by atoms with Crippen molar-refractivity contribution in [1.82, 2.24) is 0 Å². The molecule has 0 aliphatic heterocycles. The fourth-order valence-electron chi connectivity index (χ4n) is 2.91. The highest BCUT2D eigenvalue weighted by molar-refractivity contribution is 5.96. The van der Waals surface area contributed by atoms with Crippen molar-refractivity contribution in [1.29, 1.82) is 0 Å². The highest BCUT2D eigenvalue weighted by Gasteiger charge is 2.39. The Morgan fingerprint density at radius 3 is 2.43 bits per heavy atom. The number of carbonyl (C=O) groups is 2. The van der Waals surface area contributed by atoms with Crippen LogP contribution >= 0.6 is 0 Å². The minimum absolute atomic E-state index is 0.00850. The normalized spacial score (nSPS) is 16.5. The van der Waals surface area contributed by atoms with Gasteiger partial charge in [0, 0.05) is 24.8 Å². The highest BCUT2D eigenvalue weighted by Crippen LogP contribution is 2.38. The third-order valence-corrected chi connectivity index (χ3v) is 4.23. The van der Waals surface area contributed by atoms with Crippen LogP contribution in [0, 0.1) is 12.3 Å². The maximum atomic E-state index is 12.5. The Morgan fingerprint density at radius 1 is 1.24 bits per heavy atom. The lowest BCUT2D eigenvalue weighted by atomic mass is 9.85. The van der Waals surface area contributed by atoms with Crippen molar-refractivity contribution in [2.24, 2.45) is 11.1 Å². The van der Waals surface area contributed by atoms with E-state index in [0.29, 0.717) is 6.54 Å². The molecule has 1 aliphatic carbocycles. The second-order valence-electron chi connectivity index (χ2n) is 5.86. The van der Waals surface area contributed by atoms with Gasteiger partial charge in [0.25, 0.3) is 0 Å². The number of carbonyl (C=O) groups excluding carboxylic acids is 2. The van der Waals surface area contributed by atoms with E-state index in [1.807, 2.05) is 13.0 Å². The van der Waals surface area contributed by atoms with Crippen molar-refractivity contribution >= 4 is 23.2 Å². The predicted octanol–water partition coefficient (Wildman–Crippen LogP) is 2.41. The second kappa shape index (κ2) is 6.26. The molecular weight excluding hydrogens is 266 g/mol. The second-order valence-corrected chi connectivity index (χ2v) is 5.86. The van der Waals surface area contributed by atoms with Crippen LogP contribution in [0.25, 0.3) is 0 Å². The molecule has 1 aromatic rings. The van der Waals surface area contributed by atoms with E-state index in [9.17, 15) is 9.59 Å². The summed E-state index contributed by atoms with van der Waals surface area (Å²) in [7, 11) is 0. The van der Waals surface area contributed by atoms with E-state index < -0.39 is 5.41 Å². The number of benzene rings is 1. The lowest BCUT2D eigenvalue weighted by molar-refractivity contribution is -0.124. The van der Waals surface area contributed by atoms with Gasteiger partial charge in [0.2, 0.25) is 11.8 Å². The maximum Gasteiger partial charge on any atom is 0.231 e. The van der Waals surface area contributed by atoms with Crippen molar-refractivity contribution in [2.75, 3.05) is 17.2 Å². The molecule has 0 aromatic heterocycles. The van der Waals surface area contributed by atoms with Gasteiger partial charge in [-0.3, -0.25) is 9.59 Å². The topological polar surface area (TPSA) is 84.2 Å². The van der Waals surface area contributed by atoms with Crippen LogP contribution in [0.1, 0.15) is 38.2 Å². The predicted molar refractivity (Wildman–Crippen MR) is 84.1 cm³/mol. The van der Waals surface area contributed by atoms with Crippen molar-refractivity contribution in [3.8, 4) is 0 Å². The number of hydrogen-bond donors (Lipinski definition) is 3. The number of rotatable bonds is 4. The van der Waals surface area contributed by atoms with Gasteiger partial charge in [-0.1, -0.05) is 12.8 Å². The van der Waals surface area contributed by atoms with Crippen molar-refractivity contribution in [2.45, 2.75) is 39.5 Å². The number of anilines is 2. The summed E-state index contributed by atoms with van der Waals surface area (Å²) >= 11 is 0. The van der Waals surface area contributed by atoms with Crippen LogP contribution in [0.2, 0.25) is 0 Å². The average Bonchev–Trinajstić information content (AvgIpc) is 2.91. The standard InChI is InChI=1S/C16H23N3O2/c1-11-9-13(5-6-14(11)18-12(2)20)19-15(21)16(10-17)7-3-4-8-16/h5-6,9H,3-4,7-8,10,17H2,1-2H3,(H,18,20)(H,19,21). The number of aryl methyl sites for hydroxylation is 1. The number of amides is 2. The summed E-state index contributed by atoms with van der Waals surface area (Å²) in [5.74, 6) is -0.0999. The summed E-state index contributed by atoms with van der Waals surface area (Å²) < 4.78 is 0. The molecule has 1 fully saturated rings. The number of nitrogens with two attached hydrogens (primary N) is 1. The zero-order valence-electron chi connectivity index (χ0n) is 12.7. The molecule has 0 heterocycles. The molecule has 2 amide bonds. The fraction of sp³-hybridized carbons (Fsp3) is 0.500. The molecule has 0 unspecified atom stereocenters. The van der Waals surface area contributed by atoms with E-state index in [1.54, 1.807) is 12.1 Å². The molecular formula is C16H23N3O2. The first kappa shape index (κ1) is 15.5. The van der Waals surface area contributed by atoms with Gasteiger partial charge in [0.1, 0.15) is 0 Å². The van der Waals surface area contributed by atoms with Crippen molar-refractivity contribution in [3.05, 3.63) is 23.8 Å². The summed E-state index contributed by atoms with van der Waals surface area (Å²) in [6.45, 7) is 3.76. The molecule has 2 rings (SSSR count). The Balaban J connectivity index is 2.11. The maximum absolute atomic E-state index is 12.5. The fourth-order valence-corrected chi connectivity index (χ4v) is 2.91. The van der Waals surface area contributed by atoms with Crippen LogP contribution in [-0.2, 0) is 9.59 Å². The molecule has 0 radical (unpaired) electrons. The molecule has 1 saturated carbocycles. The van der Waals surface area contributed by atoms with E-state index in [1.165, 1.54) is 6.92 Å². The van der Waals surface area contributed by atoms with Gasteiger partial charge in [-0.2, -0.15) is 0 Å². The average molecular weight is 289 g/mol. The van der Waals surface area contributed by atoms with E-state index in [4.69, 9.17) is 5.73 Å². The van der Waals surface area contributed by atoms with Gasteiger partial charge in [-0.05, 0) is 43.5 Å². The molecule has 5 heteroatoms. The Kier molecular flexibility index (Phi) is 4.63. The summed E-state index contributed by atoms with van der Waals surface area (Å²) in [6, 6.07) is 5.47. The summed E-state index contributed by atoms with van der Waals surface area (Å²) in [5, 5.41) is 5.72. The molecule has 1 aromatic carbocycles. The monoisotopic (exact) mass is 289 g/mol. The molecule has 0 bridgehead atoms. The van der Waals surface area contributed by atoms with Gasteiger partial charge in [-0.15, -0.1) is 0 Å². The third kappa shape index (κ3) is 3.42. The Morgan fingerprint density at radius 2 is 1.90 bits per heavy atom. The minimum Gasteiger partial charge on any atom is -0.329 e. The lowest BCUT2D eigenvalue weighted by Crippen LogP contribution is -2.40. The van der Waals surface area contributed by atoms with E-state index in [0.717, 1.165) is 42.6 Å². The number of nitrogens with one attached hydrogen (secondary N) is 2. The summed E-state index contributed by atoms with van der Waals surface area (Å²) in [6.07, 6.45) is 3.84.